The van der Waals surface area contributed by atoms with E-state index in [1.165, 1.54) is 18.4 Å². The highest BCUT2D eigenvalue weighted by atomic mass is 32.1. The van der Waals surface area contributed by atoms with Gasteiger partial charge in [0.1, 0.15) is 10.7 Å². The van der Waals surface area contributed by atoms with Crippen molar-refractivity contribution in [2.45, 2.75) is 33.1 Å². The largest absolute Gasteiger partial charge is 0.465 e. The molecule has 0 atom stereocenters. The van der Waals surface area contributed by atoms with Crippen LogP contribution in [0.3, 0.4) is 0 Å². The Morgan fingerprint density at radius 3 is 2.48 bits per heavy atom. The summed E-state index contributed by atoms with van der Waals surface area (Å²) in [5.41, 5.74) is 6.82. The number of allylic oxidation sites excluding steroid dienone is 1. The number of nitrogens with one attached hydrogen (secondary N) is 1. The number of aryl methyl sites for hydroxylation is 1. The first-order chi connectivity index (χ1) is 23.2. The molecule has 48 heavy (non-hydrogen) atoms. The number of esters is 1. The zero-order valence-electron chi connectivity index (χ0n) is 27.4. The number of carbonyl (C=O) groups is 3. The Hall–Kier alpha value is -4.80. The number of para-hydroxylation sites is 1. The average molecular weight is 663 g/mol. The Morgan fingerprint density at radius 1 is 0.979 bits per heavy atom. The van der Waals surface area contributed by atoms with Crippen LogP contribution >= 0.6 is 11.3 Å². The van der Waals surface area contributed by atoms with Crippen molar-refractivity contribution >= 4 is 57.5 Å². The van der Waals surface area contributed by atoms with Crippen molar-refractivity contribution < 1.29 is 23.9 Å². The minimum Gasteiger partial charge on any atom is -0.465 e. The molecular formula is C38H38N4O5S. The lowest BCUT2D eigenvalue weighted by molar-refractivity contribution is -0.000512. The summed E-state index contributed by atoms with van der Waals surface area (Å²) in [7, 11) is 1.38. The van der Waals surface area contributed by atoms with Gasteiger partial charge in [0.05, 0.1) is 18.4 Å². The molecule has 246 valence electrons. The van der Waals surface area contributed by atoms with Crippen molar-refractivity contribution in [1.29, 1.82) is 0 Å². The first-order valence-electron chi connectivity index (χ1n) is 16.3. The second-order valence-electron chi connectivity index (χ2n) is 12.9. The van der Waals surface area contributed by atoms with Gasteiger partial charge in [-0.05, 0) is 98.4 Å². The number of hydrogen-bond donors (Lipinski definition) is 1. The lowest BCUT2D eigenvalue weighted by atomic mass is 9.73. The van der Waals surface area contributed by atoms with E-state index in [0.29, 0.717) is 40.5 Å². The molecule has 10 heteroatoms. The number of aromatic nitrogens is 1. The van der Waals surface area contributed by atoms with Gasteiger partial charge in [-0.1, -0.05) is 18.2 Å². The van der Waals surface area contributed by atoms with Crippen LogP contribution in [0.1, 0.15) is 72.6 Å². The normalized spacial score (nSPS) is 17.0. The number of nitrogens with zero attached hydrogens (tertiary/aromatic N) is 3. The van der Waals surface area contributed by atoms with Crippen LogP contribution in [0.25, 0.3) is 11.1 Å². The highest BCUT2D eigenvalue weighted by molar-refractivity contribution is 7.15. The number of anilines is 3. The number of thiophene rings is 1. The molecule has 0 aliphatic carbocycles. The molecular weight excluding hydrogens is 625 g/mol. The minimum absolute atomic E-state index is 0.124. The monoisotopic (exact) mass is 662 g/mol. The summed E-state index contributed by atoms with van der Waals surface area (Å²) in [6.07, 6.45) is 4.51. The van der Waals surface area contributed by atoms with Crippen LogP contribution < -0.4 is 15.1 Å². The molecule has 4 aromatic rings. The van der Waals surface area contributed by atoms with Crippen LogP contribution in [0.5, 0.6) is 0 Å². The smallest absolute Gasteiger partial charge is 0.348 e. The van der Waals surface area contributed by atoms with Crippen molar-refractivity contribution in [3.05, 3.63) is 105 Å². The molecule has 2 fully saturated rings. The summed E-state index contributed by atoms with van der Waals surface area (Å²) in [4.78, 5) is 49.9. The third-order valence-corrected chi connectivity index (χ3v) is 10.8. The van der Waals surface area contributed by atoms with Crippen LogP contribution in [-0.4, -0.2) is 62.7 Å². The number of pyridine rings is 1. The molecule has 0 bridgehead atoms. The molecule has 3 aliphatic rings. The topological polar surface area (TPSA) is 101 Å². The average Bonchev–Trinajstić information content (AvgIpc) is 3.53. The summed E-state index contributed by atoms with van der Waals surface area (Å²) >= 11 is 1.40. The fraction of sp³-hybridized carbons (Fsp3) is 0.316. The Kier molecular flexibility index (Phi) is 8.61. The summed E-state index contributed by atoms with van der Waals surface area (Å²) < 4.78 is 10.5. The number of amides is 2. The van der Waals surface area contributed by atoms with E-state index in [4.69, 9.17) is 9.47 Å². The fourth-order valence-electron chi connectivity index (χ4n) is 7.01. The van der Waals surface area contributed by atoms with E-state index in [-0.39, 0.29) is 23.2 Å². The summed E-state index contributed by atoms with van der Waals surface area (Å²) in [5.74, 6) is -0.00626. The molecule has 2 aromatic carbocycles. The number of carbonyl (C=O) groups excluding carboxylic acids is 3. The van der Waals surface area contributed by atoms with Crippen LogP contribution in [0, 0.1) is 12.3 Å². The molecule has 0 unspecified atom stereocenters. The van der Waals surface area contributed by atoms with Gasteiger partial charge < -0.3 is 24.6 Å². The van der Waals surface area contributed by atoms with E-state index in [0.717, 1.165) is 72.0 Å². The molecule has 2 saturated heterocycles. The highest BCUT2D eigenvalue weighted by Gasteiger charge is 2.45. The lowest BCUT2D eigenvalue weighted by Gasteiger charge is -2.53. The van der Waals surface area contributed by atoms with Crippen LogP contribution in [0.4, 0.5) is 17.2 Å². The Morgan fingerprint density at radius 2 is 1.73 bits per heavy atom. The number of hydrogen-bond acceptors (Lipinski definition) is 8. The van der Waals surface area contributed by atoms with Gasteiger partial charge in [-0.15, -0.1) is 11.3 Å². The Balaban J connectivity index is 1.07. The van der Waals surface area contributed by atoms with E-state index in [2.05, 4.69) is 22.1 Å². The zero-order valence-corrected chi connectivity index (χ0v) is 28.2. The van der Waals surface area contributed by atoms with Gasteiger partial charge in [-0.25, -0.2) is 9.78 Å². The number of fused-ring (bicyclic) bond motifs is 1. The quantitative estimate of drug-likeness (QED) is 0.220. The second-order valence-corrected chi connectivity index (χ2v) is 14.0. The van der Waals surface area contributed by atoms with Crippen LogP contribution in [0.15, 0.2) is 72.9 Å². The standard InChI is InChI=1S/C38H38N4O5S/c1-24-20-30(34(39-21-24)41-22-38(23-41)15-18-47-19-16-38)35(43)40-27-10-8-26(9-11-27)36(44)42-17-14-29(25(2)28-6-4-5-7-31(28)42)32-12-13-33(48-32)37(45)46-3/h4-13,20-21H,14-19,22-23H2,1-3H3,(H,40,43). The Labute approximate surface area is 284 Å². The first kappa shape index (κ1) is 31.8. The number of rotatable bonds is 6. The predicted octanol–water partition coefficient (Wildman–Crippen LogP) is 7.09. The van der Waals surface area contributed by atoms with E-state index < -0.39 is 0 Å². The van der Waals surface area contributed by atoms with Crippen molar-refractivity contribution in [3.63, 3.8) is 0 Å². The minimum atomic E-state index is -0.356. The maximum absolute atomic E-state index is 14.0. The van der Waals surface area contributed by atoms with Crippen molar-refractivity contribution in [2.75, 3.05) is 55.1 Å². The maximum Gasteiger partial charge on any atom is 0.348 e. The summed E-state index contributed by atoms with van der Waals surface area (Å²) in [6, 6.07) is 20.6. The van der Waals surface area contributed by atoms with Crippen LogP contribution in [-0.2, 0) is 9.47 Å². The van der Waals surface area contributed by atoms with Crippen molar-refractivity contribution in [2.24, 2.45) is 5.41 Å². The first-order valence-corrected chi connectivity index (χ1v) is 17.1. The van der Waals surface area contributed by atoms with Gasteiger partial charge >= 0.3 is 5.97 Å². The maximum atomic E-state index is 14.0. The van der Waals surface area contributed by atoms with Crippen LogP contribution in [0.2, 0.25) is 0 Å². The van der Waals surface area contributed by atoms with E-state index in [1.807, 2.05) is 54.4 Å². The molecule has 1 spiro atoms. The Bertz CT molecular complexity index is 1920. The second kappa shape index (κ2) is 13.0. The third-order valence-electron chi connectivity index (χ3n) is 9.72. The van der Waals surface area contributed by atoms with Gasteiger partial charge in [-0.2, -0.15) is 0 Å². The molecule has 2 aromatic heterocycles. The van der Waals surface area contributed by atoms with E-state index in [9.17, 15) is 14.4 Å². The molecule has 2 amide bonds. The molecule has 5 heterocycles. The van der Waals surface area contributed by atoms with Gasteiger partial charge in [-0.3, -0.25) is 9.59 Å². The zero-order chi connectivity index (χ0) is 33.4. The molecule has 7 rings (SSSR count). The molecule has 0 radical (unpaired) electrons. The third kappa shape index (κ3) is 6.02. The van der Waals surface area contributed by atoms with Gasteiger partial charge in [0.2, 0.25) is 0 Å². The van der Waals surface area contributed by atoms with Gasteiger partial charge in [0.25, 0.3) is 11.8 Å². The highest BCUT2D eigenvalue weighted by Crippen LogP contribution is 2.43. The van der Waals surface area contributed by atoms with Gasteiger partial charge in [0.15, 0.2) is 0 Å². The predicted molar refractivity (Wildman–Crippen MR) is 189 cm³/mol. The summed E-state index contributed by atoms with van der Waals surface area (Å²) in [6.45, 7) is 7.81. The molecule has 3 aliphatic heterocycles. The number of benzene rings is 2. The number of ether oxygens (including phenoxy) is 2. The molecule has 9 nitrogen and oxygen atoms in total. The van der Waals surface area contributed by atoms with Crippen molar-refractivity contribution in [3.8, 4) is 0 Å². The molecule has 1 N–H and O–H groups in total. The lowest BCUT2D eigenvalue weighted by Crippen LogP contribution is -2.59. The summed E-state index contributed by atoms with van der Waals surface area (Å²) in [5, 5.41) is 3.03. The molecule has 0 saturated carbocycles. The van der Waals surface area contributed by atoms with Gasteiger partial charge in [0, 0.05) is 66.2 Å². The van der Waals surface area contributed by atoms with Crippen molar-refractivity contribution in [1.82, 2.24) is 4.98 Å². The van der Waals surface area contributed by atoms with E-state index in [1.54, 1.807) is 30.3 Å². The van der Waals surface area contributed by atoms with E-state index >= 15 is 0 Å². The SMILES string of the molecule is COC(=O)c1ccc(C2=C(C)c3ccccc3N(C(=O)c3ccc(NC(=O)c4cc(C)cnc4N4CC5(CCOCC5)C4)cc3)CC2)s1. The fourth-order valence-corrected chi connectivity index (χ4v) is 8.07. The number of methoxy groups -OCH3 is 1.